The normalized spacial score (nSPS) is 23.0. The van der Waals surface area contributed by atoms with E-state index in [1.165, 1.54) is 11.5 Å². The van der Waals surface area contributed by atoms with E-state index in [0.29, 0.717) is 0 Å². The summed E-state index contributed by atoms with van der Waals surface area (Å²) >= 11 is -2.12. The quantitative estimate of drug-likeness (QED) is 0.622. The molecule has 3 nitrogen and oxygen atoms in total. The fraction of sp³-hybridized carbons (Fsp3) is 0.429. The van der Waals surface area contributed by atoms with Crippen molar-refractivity contribution in [2.24, 2.45) is 10.9 Å². The van der Waals surface area contributed by atoms with Crippen molar-refractivity contribution >= 4 is 34.9 Å². The van der Waals surface area contributed by atoms with E-state index in [-0.39, 0.29) is 11.7 Å². The van der Waals surface area contributed by atoms with E-state index in [2.05, 4.69) is 4.99 Å². The Hall–Kier alpha value is -1.12. The summed E-state index contributed by atoms with van der Waals surface area (Å²) in [5.41, 5.74) is 1.49. The van der Waals surface area contributed by atoms with Crippen LogP contribution in [0.1, 0.15) is 42.5 Å². The maximum absolute atomic E-state index is 12.4. The first-order chi connectivity index (χ1) is 8.75. The molecule has 1 saturated carbocycles. The van der Waals surface area contributed by atoms with E-state index in [4.69, 9.17) is 0 Å². The van der Waals surface area contributed by atoms with Gasteiger partial charge in [-0.2, -0.15) is 0 Å². The predicted octanol–water partition coefficient (Wildman–Crippen LogP) is 2.33. The van der Waals surface area contributed by atoms with Crippen LogP contribution in [0.2, 0.25) is 0 Å². The maximum atomic E-state index is 12.4. The van der Waals surface area contributed by atoms with E-state index in [1.807, 2.05) is 12.1 Å². The molecule has 1 aliphatic carbocycles. The second-order valence-corrected chi connectivity index (χ2v) is 7.53. The van der Waals surface area contributed by atoms with Crippen LogP contribution in [0.15, 0.2) is 23.2 Å². The average Bonchev–Trinajstić information content (AvgIpc) is 2.80. The van der Waals surface area contributed by atoms with Crippen LogP contribution in [0.25, 0.3) is 0 Å². The standard InChI is InChI=1S/C14H15NO2Se/c16-14(10-4-2-1-3-5-10)11-6-7-12-13(8-11)18(17)9-15-12/h6-10H,1-5H2. The Morgan fingerprint density at radius 2 is 2.00 bits per heavy atom. The first kappa shape index (κ1) is 11.9. The Morgan fingerprint density at radius 3 is 2.78 bits per heavy atom. The minimum absolute atomic E-state index is 0.171. The third-order valence-corrected chi connectivity index (χ3v) is 5.94. The molecule has 0 amide bonds. The summed E-state index contributed by atoms with van der Waals surface area (Å²) in [5.74, 6) is 0.396. The molecule has 1 aromatic carbocycles. The molecule has 18 heavy (non-hydrogen) atoms. The fourth-order valence-electron chi connectivity index (χ4n) is 2.70. The van der Waals surface area contributed by atoms with Crippen LogP contribution in [0.5, 0.6) is 0 Å². The van der Waals surface area contributed by atoms with Crippen molar-refractivity contribution in [2.45, 2.75) is 32.1 Å². The number of fused-ring (bicyclic) bond motifs is 1. The Bertz CT molecular complexity index is 545. The molecule has 1 aromatic rings. The van der Waals surface area contributed by atoms with Gasteiger partial charge in [-0.05, 0) is 0 Å². The van der Waals surface area contributed by atoms with E-state index in [0.717, 1.165) is 41.4 Å². The summed E-state index contributed by atoms with van der Waals surface area (Å²) < 4.78 is 12.5. The molecule has 1 atom stereocenters. The van der Waals surface area contributed by atoms with Gasteiger partial charge in [-0.1, -0.05) is 0 Å². The number of ketones is 1. The zero-order chi connectivity index (χ0) is 12.5. The fourth-order valence-corrected chi connectivity index (χ4v) is 4.57. The molecule has 1 heterocycles. The number of carbonyl (C=O) groups is 1. The Morgan fingerprint density at radius 1 is 1.22 bits per heavy atom. The van der Waals surface area contributed by atoms with Crippen LogP contribution in [0.4, 0.5) is 5.69 Å². The van der Waals surface area contributed by atoms with Crippen molar-refractivity contribution in [3.05, 3.63) is 23.8 Å². The van der Waals surface area contributed by atoms with Crippen LogP contribution in [-0.4, -0.2) is 24.7 Å². The van der Waals surface area contributed by atoms with Crippen molar-refractivity contribution in [1.29, 1.82) is 0 Å². The van der Waals surface area contributed by atoms with Gasteiger partial charge in [0.05, 0.1) is 0 Å². The van der Waals surface area contributed by atoms with Crippen molar-refractivity contribution in [2.75, 3.05) is 0 Å². The van der Waals surface area contributed by atoms with E-state index in [9.17, 15) is 8.63 Å². The van der Waals surface area contributed by atoms with Gasteiger partial charge >= 0.3 is 110 Å². The van der Waals surface area contributed by atoms with Crippen molar-refractivity contribution in [3.63, 3.8) is 0 Å². The summed E-state index contributed by atoms with van der Waals surface area (Å²) in [5, 5.41) is 1.53. The number of hydrogen-bond acceptors (Lipinski definition) is 3. The number of nitrogens with zero attached hydrogens (tertiary/aromatic N) is 1. The summed E-state index contributed by atoms with van der Waals surface area (Å²) in [6, 6.07) is 5.46. The van der Waals surface area contributed by atoms with Gasteiger partial charge in [-0.15, -0.1) is 0 Å². The van der Waals surface area contributed by atoms with Gasteiger partial charge < -0.3 is 0 Å². The van der Waals surface area contributed by atoms with Crippen molar-refractivity contribution in [1.82, 2.24) is 0 Å². The van der Waals surface area contributed by atoms with Gasteiger partial charge in [0, 0.05) is 0 Å². The molecule has 1 aliphatic heterocycles. The third kappa shape index (κ3) is 2.11. The van der Waals surface area contributed by atoms with Crippen LogP contribution in [0.3, 0.4) is 0 Å². The molecule has 1 unspecified atom stereocenters. The summed E-state index contributed by atoms with van der Waals surface area (Å²) in [4.78, 5) is 16.5. The van der Waals surface area contributed by atoms with Crippen molar-refractivity contribution < 1.29 is 8.63 Å². The zero-order valence-corrected chi connectivity index (χ0v) is 11.8. The number of carbonyl (C=O) groups excluding carboxylic acids is 1. The number of hydrogen-bond donors (Lipinski definition) is 0. The first-order valence-corrected chi connectivity index (χ1v) is 8.93. The van der Waals surface area contributed by atoms with Crippen LogP contribution >= 0.6 is 0 Å². The molecule has 0 saturated heterocycles. The van der Waals surface area contributed by atoms with E-state index < -0.39 is 13.8 Å². The molecule has 0 aromatic heterocycles. The summed E-state index contributed by atoms with van der Waals surface area (Å²) in [7, 11) is 0. The second-order valence-electron chi connectivity index (χ2n) is 4.91. The monoisotopic (exact) mass is 309 g/mol. The average molecular weight is 308 g/mol. The van der Waals surface area contributed by atoms with Crippen LogP contribution in [0, 0.1) is 5.92 Å². The van der Waals surface area contributed by atoms with Gasteiger partial charge in [0.15, 0.2) is 0 Å². The van der Waals surface area contributed by atoms with Crippen LogP contribution in [-0.2, 0) is 3.83 Å². The topological polar surface area (TPSA) is 46.5 Å². The molecule has 0 spiro atoms. The Balaban J connectivity index is 1.87. The number of benzene rings is 1. The van der Waals surface area contributed by atoms with Crippen molar-refractivity contribution in [3.8, 4) is 0 Å². The number of Topliss-reactive ketones (excluding diaryl/α,β-unsaturated/α-hetero) is 1. The zero-order valence-electron chi connectivity index (χ0n) is 10.1. The first-order valence-electron chi connectivity index (χ1n) is 6.39. The molecule has 0 bridgehead atoms. The molecule has 0 radical (unpaired) electrons. The van der Waals surface area contributed by atoms with Gasteiger partial charge in [0.25, 0.3) is 0 Å². The summed E-state index contributed by atoms with van der Waals surface area (Å²) in [6.07, 6.45) is 5.56. The van der Waals surface area contributed by atoms with Gasteiger partial charge in [-0.3, -0.25) is 0 Å². The Labute approximate surface area is 110 Å². The van der Waals surface area contributed by atoms with Crippen LogP contribution < -0.4 is 4.46 Å². The molecular formula is C14H15NO2Se. The molecule has 3 rings (SSSR count). The predicted molar refractivity (Wildman–Crippen MR) is 71.6 cm³/mol. The molecular weight excluding hydrogens is 293 g/mol. The molecule has 94 valence electrons. The summed E-state index contributed by atoms with van der Waals surface area (Å²) in [6.45, 7) is 0. The minimum atomic E-state index is -2.12. The molecule has 2 aliphatic rings. The number of aliphatic imine (C=N–C) groups is 1. The molecule has 0 N–H and O–H groups in total. The van der Waals surface area contributed by atoms with E-state index >= 15 is 0 Å². The van der Waals surface area contributed by atoms with Gasteiger partial charge in [0.1, 0.15) is 0 Å². The SMILES string of the molecule is O=C(c1ccc2c(c1)[Se](=O)C=N2)C1CCCCC1. The van der Waals surface area contributed by atoms with Gasteiger partial charge in [0.2, 0.25) is 0 Å². The van der Waals surface area contributed by atoms with Gasteiger partial charge in [-0.25, -0.2) is 0 Å². The molecule has 4 heteroatoms. The second kappa shape index (κ2) is 4.87. The third-order valence-electron chi connectivity index (χ3n) is 3.72. The Kier molecular flexibility index (Phi) is 3.23. The van der Waals surface area contributed by atoms with E-state index in [1.54, 1.807) is 6.07 Å². The molecule has 1 fully saturated rings. The number of rotatable bonds is 2.